The van der Waals surface area contributed by atoms with Crippen molar-refractivity contribution >= 4 is 16.9 Å². The molecule has 11 heteroatoms. The number of rotatable bonds is 4. The van der Waals surface area contributed by atoms with E-state index < -0.39 is 54.5 Å². The van der Waals surface area contributed by atoms with Crippen LogP contribution < -0.4 is 0 Å². The topological polar surface area (TPSA) is 74.5 Å². The zero-order valence-electron chi connectivity index (χ0n) is 15.0. The van der Waals surface area contributed by atoms with Crippen molar-refractivity contribution in [2.75, 3.05) is 14.1 Å². The molecule has 6 nitrogen and oxygen atoms in total. The van der Waals surface area contributed by atoms with Crippen LogP contribution in [0.5, 0.6) is 0 Å². The molecule has 3 rings (SSSR count). The normalized spacial score (nSPS) is 31.3. The highest BCUT2D eigenvalue weighted by Gasteiger charge is 2.57. The molecule has 0 aliphatic carbocycles. The van der Waals surface area contributed by atoms with Crippen LogP contribution in [0.3, 0.4) is 0 Å². The van der Waals surface area contributed by atoms with Gasteiger partial charge in [-0.3, -0.25) is 4.99 Å². The summed E-state index contributed by atoms with van der Waals surface area (Å²) in [6.07, 6.45) is -12.5. The van der Waals surface area contributed by atoms with Crippen LogP contribution in [0.25, 0.3) is 0 Å². The molecule has 1 fully saturated rings. The molecular weight excluding hydrogens is 404 g/mol. The number of ether oxygens (including phenoxy) is 2. The summed E-state index contributed by atoms with van der Waals surface area (Å²) in [5.74, 6) is -0.522. The van der Waals surface area contributed by atoms with E-state index in [1.54, 1.807) is 19.0 Å². The van der Waals surface area contributed by atoms with E-state index in [2.05, 4.69) is 4.99 Å². The number of benzene rings is 1. The second-order valence-corrected chi connectivity index (χ2v) is 7.83. The van der Waals surface area contributed by atoms with E-state index in [4.69, 9.17) is 9.47 Å². The summed E-state index contributed by atoms with van der Waals surface area (Å²) < 4.78 is 64.3. The van der Waals surface area contributed by atoms with Crippen LogP contribution in [-0.2, 0) is 16.1 Å². The third-order valence-corrected chi connectivity index (χ3v) is 5.74. The fourth-order valence-corrected chi connectivity index (χ4v) is 4.13. The first-order valence-electron chi connectivity index (χ1n) is 8.44. The number of hydrogen-bond acceptors (Lipinski definition) is 7. The quantitative estimate of drug-likeness (QED) is 0.718. The minimum atomic E-state index is -4.85. The van der Waals surface area contributed by atoms with Gasteiger partial charge >= 0.3 is 6.18 Å². The highest BCUT2D eigenvalue weighted by molar-refractivity contribution is 8.14. The van der Waals surface area contributed by atoms with Gasteiger partial charge in [0.05, 0.1) is 6.61 Å². The number of aliphatic imine (C=N–C) groups is 1. The van der Waals surface area contributed by atoms with Gasteiger partial charge in [-0.2, -0.15) is 13.2 Å². The first-order valence-corrected chi connectivity index (χ1v) is 9.32. The maximum atomic E-state index is 13.6. The molecule has 1 saturated heterocycles. The Morgan fingerprint density at radius 3 is 2.43 bits per heavy atom. The van der Waals surface area contributed by atoms with E-state index in [-0.39, 0.29) is 0 Å². The van der Waals surface area contributed by atoms with Gasteiger partial charge in [0, 0.05) is 14.1 Å². The standard InChI is InChI=1S/C17H20F4N2O4S/c1-23(2)16-22-10-11(24)12(25)13(27-15(10)28-16)14(17(19,20)21)26-7-8-3-5-9(18)6-4-8/h3-6,10-15,24-25H,7H2,1-2H3/t10-,11-,12+,13+,14-,15-/m1/s1. The molecule has 2 heterocycles. The minimum Gasteiger partial charge on any atom is -0.388 e. The highest BCUT2D eigenvalue weighted by Crippen LogP contribution is 2.41. The van der Waals surface area contributed by atoms with Crippen molar-refractivity contribution in [1.82, 2.24) is 4.90 Å². The summed E-state index contributed by atoms with van der Waals surface area (Å²) in [5.41, 5.74) is -0.548. The Hall–Kier alpha value is -1.40. The zero-order chi connectivity index (χ0) is 20.6. The summed E-state index contributed by atoms with van der Waals surface area (Å²) in [4.78, 5) is 5.86. The number of thioether (sulfide) groups is 1. The van der Waals surface area contributed by atoms with Gasteiger partial charge in [0.1, 0.15) is 35.6 Å². The van der Waals surface area contributed by atoms with E-state index in [1.165, 1.54) is 12.1 Å². The third-order valence-electron chi connectivity index (χ3n) is 4.43. The third kappa shape index (κ3) is 4.43. The number of amidine groups is 1. The average Bonchev–Trinajstić information content (AvgIpc) is 3.04. The molecule has 28 heavy (non-hydrogen) atoms. The Labute approximate surface area is 163 Å². The summed E-state index contributed by atoms with van der Waals surface area (Å²) in [5, 5.41) is 21.1. The molecular formula is C17H20F4N2O4S. The molecule has 0 aromatic heterocycles. The van der Waals surface area contributed by atoms with Gasteiger partial charge in [-0.05, 0) is 17.7 Å². The van der Waals surface area contributed by atoms with Crippen molar-refractivity contribution in [3.63, 3.8) is 0 Å². The fourth-order valence-electron chi connectivity index (χ4n) is 2.98. The fraction of sp³-hybridized carbons (Fsp3) is 0.588. The van der Waals surface area contributed by atoms with Crippen molar-refractivity contribution in [1.29, 1.82) is 0 Å². The van der Waals surface area contributed by atoms with Gasteiger partial charge in [0.2, 0.25) is 0 Å². The first-order chi connectivity index (χ1) is 13.1. The number of aliphatic hydroxyl groups excluding tert-OH is 2. The molecule has 0 spiro atoms. The zero-order valence-corrected chi connectivity index (χ0v) is 15.8. The Bertz CT molecular complexity index is 716. The van der Waals surface area contributed by atoms with Crippen LogP contribution in [0, 0.1) is 5.82 Å². The summed E-state index contributed by atoms with van der Waals surface area (Å²) in [7, 11) is 3.40. The van der Waals surface area contributed by atoms with Crippen LogP contribution in [0.1, 0.15) is 5.56 Å². The summed E-state index contributed by atoms with van der Waals surface area (Å²) in [6.45, 7) is -0.464. The van der Waals surface area contributed by atoms with Gasteiger partial charge in [-0.1, -0.05) is 23.9 Å². The predicted octanol–water partition coefficient (Wildman–Crippen LogP) is 1.75. The molecule has 156 valence electrons. The molecule has 0 unspecified atom stereocenters. The molecule has 0 saturated carbocycles. The van der Waals surface area contributed by atoms with Crippen LogP contribution >= 0.6 is 11.8 Å². The van der Waals surface area contributed by atoms with E-state index in [1.807, 2.05) is 0 Å². The summed E-state index contributed by atoms with van der Waals surface area (Å²) >= 11 is 1.07. The Morgan fingerprint density at radius 2 is 1.86 bits per heavy atom. The van der Waals surface area contributed by atoms with E-state index >= 15 is 0 Å². The molecule has 1 aromatic carbocycles. The highest BCUT2D eigenvalue weighted by atomic mass is 32.2. The minimum absolute atomic E-state index is 0.327. The van der Waals surface area contributed by atoms with Crippen molar-refractivity contribution in [3.8, 4) is 0 Å². The lowest BCUT2D eigenvalue weighted by Gasteiger charge is -2.41. The van der Waals surface area contributed by atoms with Crippen molar-refractivity contribution < 1.29 is 37.2 Å². The number of hydrogen-bond donors (Lipinski definition) is 2. The predicted molar refractivity (Wildman–Crippen MR) is 94.2 cm³/mol. The van der Waals surface area contributed by atoms with Crippen molar-refractivity contribution in [2.45, 2.75) is 48.7 Å². The molecule has 0 radical (unpaired) electrons. The second-order valence-electron chi connectivity index (χ2n) is 6.76. The number of aliphatic hydroxyl groups is 2. The largest absolute Gasteiger partial charge is 0.417 e. The lowest BCUT2D eigenvalue weighted by molar-refractivity contribution is -0.286. The van der Waals surface area contributed by atoms with Gasteiger partial charge in [0.15, 0.2) is 11.3 Å². The van der Waals surface area contributed by atoms with Gasteiger partial charge in [-0.25, -0.2) is 4.39 Å². The van der Waals surface area contributed by atoms with E-state index in [0.29, 0.717) is 10.7 Å². The molecule has 2 aliphatic rings. The molecule has 2 N–H and O–H groups in total. The lowest BCUT2D eigenvalue weighted by atomic mass is 9.94. The number of halogens is 4. The average molecular weight is 424 g/mol. The monoisotopic (exact) mass is 424 g/mol. The summed E-state index contributed by atoms with van der Waals surface area (Å²) in [6, 6.07) is 3.94. The van der Waals surface area contributed by atoms with Crippen molar-refractivity contribution in [3.05, 3.63) is 35.6 Å². The maximum Gasteiger partial charge on any atom is 0.417 e. The maximum absolute atomic E-state index is 13.6. The number of fused-ring (bicyclic) bond motifs is 1. The molecule has 1 aromatic rings. The van der Waals surface area contributed by atoms with Gasteiger partial charge in [-0.15, -0.1) is 0 Å². The SMILES string of the molecule is CN(C)C1=N[C@@H]2[C@@H](O)[C@H](O)[C@@H]([C@@H](OCc3ccc(F)cc3)C(F)(F)F)O[C@@H]2S1. The Kier molecular flexibility index (Phi) is 6.20. The van der Waals surface area contributed by atoms with Crippen LogP contribution in [0.2, 0.25) is 0 Å². The molecule has 0 bridgehead atoms. The van der Waals surface area contributed by atoms with E-state index in [9.17, 15) is 27.8 Å². The second kappa shape index (κ2) is 8.15. The molecule has 0 amide bonds. The van der Waals surface area contributed by atoms with Crippen molar-refractivity contribution in [2.24, 2.45) is 4.99 Å². The Balaban J connectivity index is 1.76. The molecule has 6 atom stereocenters. The van der Waals surface area contributed by atoms with Crippen LogP contribution in [0.4, 0.5) is 17.6 Å². The lowest BCUT2D eigenvalue weighted by Crippen LogP contribution is -2.61. The first kappa shape index (κ1) is 21.3. The smallest absolute Gasteiger partial charge is 0.388 e. The number of nitrogens with zero attached hydrogens (tertiary/aromatic N) is 2. The molecule has 2 aliphatic heterocycles. The van der Waals surface area contributed by atoms with Crippen LogP contribution in [0.15, 0.2) is 29.3 Å². The Morgan fingerprint density at radius 1 is 1.21 bits per heavy atom. The van der Waals surface area contributed by atoms with Gasteiger partial charge < -0.3 is 24.6 Å². The van der Waals surface area contributed by atoms with Crippen LogP contribution in [-0.4, -0.2) is 76.4 Å². The van der Waals surface area contributed by atoms with E-state index in [0.717, 1.165) is 23.9 Å². The number of alkyl halides is 3. The van der Waals surface area contributed by atoms with Gasteiger partial charge in [0.25, 0.3) is 0 Å².